The van der Waals surface area contributed by atoms with Gasteiger partial charge in [-0.3, -0.25) is 0 Å². The average Bonchev–Trinajstić information content (AvgIpc) is 2.14. The zero-order valence-electron chi connectivity index (χ0n) is 6.25. The molecule has 0 aliphatic heterocycles. The van der Waals surface area contributed by atoms with Gasteiger partial charge in [0.15, 0.2) is 0 Å². The van der Waals surface area contributed by atoms with E-state index >= 15 is 0 Å². The van der Waals surface area contributed by atoms with Gasteiger partial charge in [-0.25, -0.2) is 0 Å². The molecule has 0 radical (unpaired) electrons. The van der Waals surface area contributed by atoms with E-state index in [4.69, 9.17) is 5.73 Å². The molecular formula is C5H10N4O. The minimum atomic E-state index is 0.105. The third-order valence-electron chi connectivity index (χ3n) is 1.22. The normalized spacial score (nSPS) is 9.90. The van der Waals surface area contributed by atoms with Crippen molar-refractivity contribution in [3.63, 3.8) is 0 Å². The first-order valence-electron chi connectivity index (χ1n) is 2.90. The fourth-order valence-corrected chi connectivity index (χ4v) is 0.671. The standard InChI is InChI=1S/C5H10N4O/c1-4-5(6)10-7-9(4)8(2)3/h6H,1-3H3. The van der Waals surface area contributed by atoms with Crippen molar-refractivity contribution in [3.8, 4) is 0 Å². The Morgan fingerprint density at radius 2 is 2.20 bits per heavy atom. The lowest BCUT2D eigenvalue weighted by Gasteiger charge is -1.97. The zero-order valence-corrected chi connectivity index (χ0v) is 6.25. The summed E-state index contributed by atoms with van der Waals surface area (Å²) < 4.78 is 4.59. The van der Waals surface area contributed by atoms with E-state index in [1.54, 1.807) is 11.9 Å². The summed E-state index contributed by atoms with van der Waals surface area (Å²) >= 11 is 0. The van der Waals surface area contributed by atoms with Crippen LogP contribution in [0.5, 0.6) is 0 Å². The molecule has 1 aromatic heterocycles. The highest BCUT2D eigenvalue weighted by atomic mass is 16.5. The molecule has 1 N–H and O–H groups in total. The number of nitrogens with zero attached hydrogens (tertiary/aromatic N) is 3. The Kier molecular flexibility index (Phi) is 1.48. The van der Waals surface area contributed by atoms with E-state index in [1.165, 1.54) is 4.79 Å². The quantitative estimate of drug-likeness (QED) is 0.524. The van der Waals surface area contributed by atoms with Crippen LogP contribution in [-0.2, 0) is 0 Å². The zero-order chi connectivity index (χ0) is 7.72. The highest BCUT2D eigenvalue weighted by molar-refractivity contribution is 5.29. The molecular weight excluding hydrogens is 132 g/mol. The molecule has 0 spiro atoms. The molecule has 56 valence electrons. The predicted molar refractivity (Wildman–Crippen MR) is 35.5 cm³/mol. The first kappa shape index (κ1) is 6.85. The van der Waals surface area contributed by atoms with Gasteiger partial charge in [0.1, 0.15) is 5.88 Å². The summed E-state index contributed by atoms with van der Waals surface area (Å²) in [5, 5.41) is 5.33. The molecule has 0 amide bonds. The molecule has 5 nitrogen and oxygen atoms in total. The molecule has 0 aliphatic rings. The Morgan fingerprint density at radius 1 is 1.60 bits per heavy atom. The van der Waals surface area contributed by atoms with E-state index in [1.807, 2.05) is 14.1 Å². The third kappa shape index (κ3) is 0.896. The Morgan fingerprint density at radius 3 is 2.40 bits per heavy atom. The molecule has 0 bridgehead atoms. The molecule has 0 atom stereocenters. The molecule has 1 heterocycles. The third-order valence-corrected chi connectivity index (χ3v) is 1.22. The van der Waals surface area contributed by atoms with E-state index < -0.39 is 0 Å². The second-order valence-corrected chi connectivity index (χ2v) is 2.22. The van der Waals surface area contributed by atoms with Crippen LogP contribution in [0.1, 0.15) is 5.69 Å². The maximum absolute atomic E-state index is 7.16. The fraction of sp³-hybridized carbons (Fsp3) is 0.600. The van der Waals surface area contributed by atoms with Gasteiger partial charge in [0.2, 0.25) is 5.27 Å². The molecule has 5 heteroatoms. The molecule has 0 aromatic carbocycles. The summed E-state index contributed by atoms with van der Waals surface area (Å²) in [6, 6.07) is 0. The predicted octanol–water partition coefficient (Wildman–Crippen LogP) is 0.152. The number of aromatic nitrogens is 2. The second-order valence-electron chi connectivity index (χ2n) is 2.22. The molecule has 0 saturated heterocycles. The van der Waals surface area contributed by atoms with Crippen LogP contribution in [-0.4, -0.2) is 19.4 Å². The Labute approximate surface area is 59.0 Å². The maximum atomic E-state index is 7.16. The van der Waals surface area contributed by atoms with Gasteiger partial charge in [0, 0.05) is 6.92 Å². The van der Waals surface area contributed by atoms with Crippen LogP contribution in [0.4, 0.5) is 5.88 Å². The van der Waals surface area contributed by atoms with Crippen molar-refractivity contribution in [2.45, 2.75) is 6.92 Å². The summed E-state index contributed by atoms with van der Waals surface area (Å²) in [7, 11) is 3.66. The maximum Gasteiger partial charge on any atom is 0.265 e. The van der Waals surface area contributed by atoms with Crippen LogP contribution in [0.15, 0.2) is 4.52 Å². The first-order chi connectivity index (χ1) is 4.63. The van der Waals surface area contributed by atoms with Crippen molar-refractivity contribution in [2.75, 3.05) is 19.1 Å². The monoisotopic (exact) mass is 142 g/mol. The summed E-state index contributed by atoms with van der Waals surface area (Å²) in [5.74, 6) is 0.105. The number of hydrogen-bond acceptors (Lipinski definition) is 3. The Bertz CT molecular complexity index is 230. The van der Waals surface area contributed by atoms with Crippen molar-refractivity contribution in [1.82, 2.24) is 5.27 Å². The molecule has 0 fully saturated rings. The molecule has 10 heavy (non-hydrogen) atoms. The molecule has 0 aliphatic carbocycles. The molecule has 1 aromatic rings. The van der Waals surface area contributed by atoms with Gasteiger partial charge in [-0.1, -0.05) is 0 Å². The topological polar surface area (TPSA) is 57.0 Å². The summed E-state index contributed by atoms with van der Waals surface area (Å²) in [6.45, 7) is 1.78. The van der Waals surface area contributed by atoms with Crippen molar-refractivity contribution < 1.29 is 9.31 Å². The average molecular weight is 142 g/mol. The van der Waals surface area contributed by atoms with E-state index in [2.05, 4.69) is 9.79 Å². The van der Waals surface area contributed by atoms with Gasteiger partial charge in [0.05, 0.1) is 18.9 Å². The van der Waals surface area contributed by atoms with Crippen LogP contribution in [0.2, 0.25) is 0 Å². The van der Waals surface area contributed by atoms with Crippen molar-refractivity contribution in [2.24, 2.45) is 0 Å². The van der Waals surface area contributed by atoms with Crippen LogP contribution < -0.4 is 9.80 Å². The number of hydrogen-bond donors (Lipinski definition) is 0. The molecule has 0 saturated carbocycles. The van der Waals surface area contributed by atoms with E-state index in [0.29, 0.717) is 5.69 Å². The van der Waals surface area contributed by atoms with Gasteiger partial charge in [-0.05, 0) is 0 Å². The summed E-state index contributed by atoms with van der Waals surface area (Å²) in [6.07, 6.45) is 0. The summed E-state index contributed by atoms with van der Waals surface area (Å²) in [5.41, 5.74) is 7.86. The molecule has 1 rings (SSSR count). The van der Waals surface area contributed by atoms with Gasteiger partial charge in [-0.2, -0.15) is 5.01 Å². The minimum absolute atomic E-state index is 0.105. The van der Waals surface area contributed by atoms with Gasteiger partial charge < -0.3 is 10.3 Å². The molecule has 0 unspecified atom stereocenters. The van der Waals surface area contributed by atoms with E-state index in [0.717, 1.165) is 0 Å². The lowest BCUT2D eigenvalue weighted by Crippen LogP contribution is -2.55. The smallest absolute Gasteiger partial charge is 0.265 e. The van der Waals surface area contributed by atoms with Crippen LogP contribution in [0.3, 0.4) is 0 Å². The van der Waals surface area contributed by atoms with Crippen LogP contribution in [0.25, 0.3) is 5.73 Å². The van der Waals surface area contributed by atoms with E-state index in [-0.39, 0.29) is 5.88 Å². The lowest BCUT2D eigenvalue weighted by atomic mass is 10.5. The van der Waals surface area contributed by atoms with Gasteiger partial charge in [-0.15, -0.1) is 0 Å². The summed E-state index contributed by atoms with van der Waals surface area (Å²) in [4.78, 5) is 1.52. The van der Waals surface area contributed by atoms with Gasteiger partial charge in [0.25, 0.3) is 5.69 Å². The van der Waals surface area contributed by atoms with Crippen molar-refractivity contribution >= 4 is 5.88 Å². The Balaban J connectivity index is 3.05. The minimum Gasteiger partial charge on any atom is -0.660 e. The first-order valence-corrected chi connectivity index (χ1v) is 2.90. The van der Waals surface area contributed by atoms with Gasteiger partial charge >= 0.3 is 0 Å². The Hall–Kier alpha value is -1.26. The fourth-order valence-electron chi connectivity index (χ4n) is 0.671. The van der Waals surface area contributed by atoms with E-state index in [9.17, 15) is 0 Å². The highest BCUT2D eigenvalue weighted by Crippen LogP contribution is 2.09. The van der Waals surface area contributed by atoms with Crippen molar-refractivity contribution in [1.29, 1.82) is 0 Å². The number of nitrogens with one attached hydrogen (secondary N) is 1. The van der Waals surface area contributed by atoms with Crippen LogP contribution in [0, 0.1) is 6.92 Å². The number of rotatable bonds is 1. The second kappa shape index (κ2) is 2.17. The van der Waals surface area contributed by atoms with Crippen LogP contribution >= 0.6 is 0 Å². The lowest BCUT2D eigenvalue weighted by molar-refractivity contribution is -0.758. The highest BCUT2D eigenvalue weighted by Gasteiger charge is 2.14. The SMILES string of the molecule is Cc1c([NH-])on[n+]1N(C)C. The largest absolute Gasteiger partial charge is 0.660 e. The van der Waals surface area contributed by atoms with Crippen molar-refractivity contribution in [3.05, 3.63) is 11.4 Å².